The first-order valence-corrected chi connectivity index (χ1v) is 6.03. The van der Waals surface area contributed by atoms with Crippen LogP contribution in [0, 0.1) is 5.82 Å². The molecule has 104 valence electrons. The van der Waals surface area contributed by atoms with Gasteiger partial charge in [0.25, 0.3) is 0 Å². The van der Waals surface area contributed by atoms with Gasteiger partial charge in [-0.1, -0.05) is 18.2 Å². The minimum absolute atomic E-state index is 0.0865. The van der Waals surface area contributed by atoms with Gasteiger partial charge in [0.05, 0.1) is 0 Å². The van der Waals surface area contributed by atoms with Crippen LogP contribution in [0.3, 0.4) is 0 Å². The Morgan fingerprint density at radius 2 is 1.85 bits per heavy atom. The van der Waals surface area contributed by atoms with Gasteiger partial charge < -0.3 is 15.6 Å². The third-order valence-corrected chi connectivity index (χ3v) is 2.81. The smallest absolute Gasteiger partial charge is 0.248 e. The molecule has 2 aromatic rings. The summed E-state index contributed by atoms with van der Waals surface area (Å²) in [7, 11) is 0. The highest BCUT2D eigenvalue weighted by molar-refractivity contribution is 5.92. The minimum atomic E-state index is -1.06. The monoisotopic (exact) mass is 275 g/mol. The van der Waals surface area contributed by atoms with Crippen molar-refractivity contribution in [2.75, 3.05) is 6.61 Å². The lowest BCUT2D eigenvalue weighted by Gasteiger charge is -2.13. The molecule has 0 aliphatic carbocycles. The largest absolute Gasteiger partial charge is 0.491 e. The van der Waals surface area contributed by atoms with Gasteiger partial charge in [-0.2, -0.15) is 0 Å². The normalized spacial score (nSPS) is 11.9. The first-order chi connectivity index (χ1) is 9.58. The molecule has 0 aliphatic rings. The van der Waals surface area contributed by atoms with Crippen molar-refractivity contribution in [3.63, 3.8) is 0 Å². The maximum Gasteiger partial charge on any atom is 0.248 e. The number of aliphatic hydroxyl groups is 1. The molecule has 0 bridgehead atoms. The highest BCUT2D eigenvalue weighted by Crippen LogP contribution is 2.19. The molecular weight excluding hydrogens is 261 g/mol. The number of amides is 1. The predicted octanol–water partition coefficient (Wildman–Crippen LogP) is 2.04. The van der Waals surface area contributed by atoms with Crippen LogP contribution in [0.2, 0.25) is 0 Å². The number of halogens is 1. The van der Waals surface area contributed by atoms with E-state index in [4.69, 9.17) is 10.5 Å². The van der Waals surface area contributed by atoms with Crippen LogP contribution in [-0.4, -0.2) is 17.6 Å². The fourth-order valence-corrected chi connectivity index (χ4v) is 1.73. The van der Waals surface area contributed by atoms with E-state index in [0.717, 1.165) is 0 Å². The van der Waals surface area contributed by atoms with E-state index in [1.54, 1.807) is 24.3 Å². The Kier molecular flexibility index (Phi) is 4.32. The number of rotatable bonds is 5. The zero-order chi connectivity index (χ0) is 14.5. The summed E-state index contributed by atoms with van der Waals surface area (Å²) in [6.07, 6.45) is -1.06. The van der Waals surface area contributed by atoms with Crippen LogP contribution in [0.5, 0.6) is 5.75 Å². The van der Waals surface area contributed by atoms with Crippen LogP contribution in [0.15, 0.2) is 48.5 Å². The van der Waals surface area contributed by atoms with Crippen LogP contribution < -0.4 is 10.5 Å². The fourth-order valence-electron chi connectivity index (χ4n) is 1.73. The zero-order valence-electron chi connectivity index (χ0n) is 10.6. The maximum atomic E-state index is 13.4. The van der Waals surface area contributed by atoms with Crippen LogP contribution in [-0.2, 0) is 0 Å². The van der Waals surface area contributed by atoms with Crippen molar-refractivity contribution < 1.29 is 19.0 Å². The highest BCUT2D eigenvalue weighted by Gasteiger charge is 2.12. The second-order valence-electron chi connectivity index (χ2n) is 4.24. The van der Waals surface area contributed by atoms with Crippen molar-refractivity contribution in [3.8, 4) is 5.75 Å². The van der Waals surface area contributed by atoms with Gasteiger partial charge in [0, 0.05) is 11.1 Å². The van der Waals surface area contributed by atoms with Gasteiger partial charge in [-0.05, 0) is 30.3 Å². The molecule has 0 saturated carbocycles. The Morgan fingerprint density at radius 3 is 2.45 bits per heavy atom. The van der Waals surface area contributed by atoms with Gasteiger partial charge in [-0.15, -0.1) is 0 Å². The Morgan fingerprint density at radius 1 is 1.20 bits per heavy atom. The van der Waals surface area contributed by atoms with E-state index in [0.29, 0.717) is 11.3 Å². The van der Waals surface area contributed by atoms with Crippen molar-refractivity contribution in [2.24, 2.45) is 5.73 Å². The number of hydrogen-bond acceptors (Lipinski definition) is 3. The third kappa shape index (κ3) is 3.33. The van der Waals surface area contributed by atoms with Gasteiger partial charge in [-0.25, -0.2) is 4.39 Å². The summed E-state index contributed by atoms with van der Waals surface area (Å²) in [6, 6.07) is 12.1. The number of ether oxygens (including phenoxy) is 1. The summed E-state index contributed by atoms with van der Waals surface area (Å²) in [5, 5.41) is 9.87. The van der Waals surface area contributed by atoms with Crippen molar-refractivity contribution in [1.82, 2.24) is 0 Å². The Hall–Kier alpha value is -2.40. The molecule has 0 fully saturated rings. The quantitative estimate of drug-likeness (QED) is 0.877. The maximum absolute atomic E-state index is 13.4. The van der Waals surface area contributed by atoms with E-state index in [9.17, 15) is 14.3 Å². The minimum Gasteiger partial charge on any atom is -0.491 e. The first kappa shape index (κ1) is 14.0. The molecule has 3 N–H and O–H groups in total. The van der Waals surface area contributed by atoms with E-state index in [-0.39, 0.29) is 12.2 Å². The molecule has 2 rings (SSSR count). The number of carbonyl (C=O) groups excluding carboxylic acids is 1. The summed E-state index contributed by atoms with van der Waals surface area (Å²) in [5.41, 5.74) is 5.67. The Labute approximate surface area is 115 Å². The molecule has 0 saturated heterocycles. The summed E-state index contributed by atoms with van der Waals surface area (Å²) in [4.78, 5) is 10.9. The van der Waals surface area contributed by atoms with Crippen molar-refractivity contribution in [3.05, 3.63) is 65.5 Å². The second-order valence-corrected chi connectivity index (χ2v) is 4.24. The molecule has 1 atom stereocenters. The number of primary amides is 1. The number of benzene rings is 2. The fraction of sp³-hybridized carbons (Fsp3) is 0.133. The van der Waals surface area contributed by atoms with Crippen molar-refractivity contribution in [1.29, 1.82) is 0 Å². The first-order valence-electron chi connectivity index (χ1n) is 6.03. The summed E-state index contributed by atoms with van der Waals surface area (Å²) in [5.74, 6) is -0.541. The molecule has 1 unspecified atom stereocenters. The lowest BCUT2D eigenvalue weighted by Crippen LogP contribution is -2.12. The summed E-state index contributed by atoms with van der Waals surface area (Å²) >= 11 is 0. The Bertz CT molecular complexity index is 598. The molecule has 0 radical (unpaired) electrons. The van der Waals surface area contributed by atoms with Crippen molar-refractivity contribution >= 4 is 5.91 Å². The summed E-state index contributed by atoms with van der Waals surface area (Å²) in [6.45, 7) is -0.0865. The van der Waals surface area contributed by atoms with Crippen molar-refractivity contribution in [2.45, 2.75) is 6.10 Å². The molecular formula is C15H14FNO3. The van der Waals surface area contributed by atoms with Crippen LogP contribution in [0.25, 0.3) is 0 Å². The standard InChI is InChI=1S/C15H14FNO3/c16-13-4-2-1-3-12(13)14(18)9-20-11-7-5-10(6-8-11)15(17)19/h1-8,14,18H,9H2,(H2,17,19). The van der Waals surface area contributed by atoms with Crippen LogP contribution >= 0.6 is 0 Å². The van der Waals surface area contributed by atoms with Gasteiger partial charge >= 0.3 is 0 Å². The Balaban J connectivity index is 1.98. The van der Waals surface area contributed by atoms with Crippen LogP contribution in [0.4, 0.5) is 4.39 Å². The molecule has 5 heteroatoms. The van der Waals surface area contributed by atoms with Gasteiger partial charge in [0.1, 0.15) is 24.3 Å². The number of nitrogens with two attached hydrogens (primary N) is 1. The van der Waals surface area contributed by atoms with Gasteiger partial charge in [0.2, 0.25) is 5.91 Å². The average molecular weight is 275 g/mol. The van der Waals surface area contributed by atoms with Gasteiger partial charge in [0.15, 0.2) is 0 Å². The van der Waals surface area contributed by atoms with E-state index in [2.05, 4.69) is 0 Å². The predicted molar refractivity (Wildman–Crippen MR) is 71.8 cm³/mol. The SMILES string of the molecule is NC(=O)c1ccc(OCC(O)c2ccccc2F)cc1. The summed E-state index contributed by atoms with van der Waals surface area (Å²) < 4.78 is 18.8. The molecule has 0 heterocycles. The number of hydrogen-bond donors (Lipinski definition) is 2. The molecule has 2 aromatic carbocycles. The lowest BCUT2D eigenvalue weighted by molar-refractivity contribution is 0.0998. The molecule has 20 heavy (non-hydrogen) atoms. The van der Waals surface area contributed by atoms with E-state index < -0.39 is 17.8 Å². The lowest BCUT2D eigenvalue weighted by atomic mass is 10.1. The molecule has 0 aliphatic heterocycles. The van der Waals surface area contributed by atoms with E-state index in [1.807, 2.05) is 0 Å². The molecule has 1 amide bonds. The van der Waals surface area contributed by atoms with E-state index in [1.165, 1.54) is 24.3 Å². The number of carbonyl (C=O) groups is 1. The third-order valence-electron chi connectivity index (χ3n) is 2.81. The topological polar surface area (TPSA) is 72.6 Å². The highest BCUT2D eigenvalue weighted by atomic mass is 19.1. The number of aliphatic hydroxyl groups excluding tert-OH is 1. The second kappa shape index (κ2) is 6.16. The molecule has 0 spiro atoms. The average Bonchev–Trinajstić information content (AvgIpc) is 2.45. The van der Waals surface area contributed by atoms with Crippen LogP contribution in [0.1, 0.15) is 22.0 Å². The molecule has 0 aromatic heterocycles. The zero-order valence-corrected chi connectivity index (χ0v) is 10.6. The van der Waals surface area contributed by atoms with Gasteiger partial charge in [-0.3, -0.25) is 4.79 Å². The van der Waals surface area contributed by atoms with E-state index >= 15 is 0 Å². The molecule has 4 nitrogen and oxygen atoms in total.